The fourth-order valence-electron chi connectivity index (χ4n) is 10.6. The predicted molar refractivity (Wildman–Crippen MR) is 241 cm³/mol. The first-order valence-corrected chi connectivity index (χ1v) is 23.6. The van der Waals surface area contributed by atoms with E-state index in [2.05, 4.69) is 105 Å². The van der Waals surface area contributed by atoms with Gasteiger partial charge in [0.05, 0.1) is 17.6 Å². The normalized spacial score (nSPS) is 25.0. The number of aromatic amines is 1. The molecule has 3 saturated carbocycles. The second-order valence-corrected chi connectivity index (χ2v) is 20.3. The van der Waals surface area contributed by atoms with Gasteiger partial charge in [0.2, 0.25) is 5.95 Å². The van der Waals surface area contributed by atoms with Crippen LogP contribution >= 0.6 is 0 Å². The average molecular weight is 827 g/mol. The molecule has 3 aliphatic carbocycles. The monoisotopic (exact) mass is 827 g/mol. The van der Waals surface area contributed by atoms with Crippen LogP contribution in [0.1, 0.15) is 142 Å². The van der Waals surface area contributed by atoms with Crippen LogP contribution in [0, 0.1) is 28.6 Å². The van der Waals surface area contributed by atoms with Crippen LogP contribution < -0.4 is 15.1 Å². The van der Waals surface area contributed by atoms with E-state index in [1.165, 1.54) is 57.1 Å². The first-order valence-electron chi connectivity index (χ1n) is 23.6. The number of carbonyl (C=O) groups is 1. The summed E-state index contributed by atoms with van der Waals surface area (Å²) in [7, 11) is 0. The third kappa shape index (κ3) is 10.9. The van der Waals surface area contributed by atoms with Crippen LogP contribution in [0.5, 0.6) is 0 Å². The number of anilines is 2. The number of piperazine rings is 2. The summed E-state index contributed by atoms with van der Waals surface area (Å²) in [6.45, 7) is 24.4. The Balaban J connectivity index is 0.000000183. The van der Waals surface area contributed by atoms with Crippen molar-refractivity contribution in [2.75, 3.05) is 62.2 Å². The van der Waals surface area contributed by atoms with E-state index < -0.39 is 5.95 Å². The molecule has 4 unspecified atom stereocenters. The maximum atomic E-state index is 14.8. The SMILES string of the molecule is CCC(C)(C)C1CCC(N2CCN(c3ccc(C(=O)NC4CCCCC4)nc3F)CC2)C1.CCc1nc(-c2ccc(N3CCN(C4CCC(C(C)(C)C)C4)CC3)cn2)n[nH]1. The number of aromatic nitrogens is 5. The minimum absolute atomic E-state index is 0.186. The lowest BCUT2D eigenvalue weighted by Gasteiger charge is -2.39. The van der Waals surface area contributed by atoms with Crippen molar-refractivity contribution in [3.8, 4) is 11.5 Å². The van der Waals surface area contributed by atoms with E-state index in [4.69, 9.17) is 0 Å². The Morgan fingerprint density at radius 1 is 0.767 bits per heavy atom. The Kier molecular flexibility index (Phi) is 14.5. The Labute approximate surface area is 360 Å². The summed E-state index contributed by atoms with van der Waals surface area (Å²) in [5, 5.41) is 10.2. The standard InChI is InChI=1S/C26H41FN4O.C22H34N6/c1-4-26(2,3)19-10-11-21(18-19)30-14-16-31(17-15-30)23-13-12-22(29-24(23)27)25(32)28-20-8-6-5-7-9-20;1-5-20-24-21(26-25-20)19-9-8-18(15-23-19)28-12-10-27(11-13-28)17-7-6-16(14-17)22(2,3)4/h12-13,19-21H,4-11,14-18H2,1-3H3,(H,28,32);8-9,15-17H,5-7,10-14H2,1-4H3,(H,24,25,26). The third-order valence-electron chi connectivity index (χ3n) is 15.3. The number of aryl methyl sites for hydroxylation is 1. The molecule has 0 spiro atoms. The lowest BCUT2D eigenvalue weighted by atomic mass is 9.76. The molecule has 5 heterocycles. The van der Waals surface area contributed by atoms with E-state index in [0.717, 1.165) is 114 Å². The second-order valence-electron chi connectivity index (χ2n) is 20.3. The minimum atomic E-state index is -0.527. The highest BCUT2D eigenvalue weighted by atomic mass is 19.1. The maximum absolute atomic E-state index is 14.8. The van der Waals surface area contributed by atoms with Crippen molar-refractivity contribution < 1.29 is 9.18 Å². The highest BCUT2D eigenvalue weighted by molar-refractivity contribution is 5.92. The van der Waals surface area contributed by atoms with E-state index in [1.807, 2.05) is 12.3 Å². The Bertz CT molecular complexity index is 1820. The number of nitrogens with zero attached hydrogens (tertiary/aromatic N) is 8. The zero-order valence-electron chi connectivity index (χ0n) is 38.0. The Hall–Kier alpha value is -3.64. The Morgan fingerprint density at radius 3 is 1.95 bits per heavy atom. The summed E-state index contributed by atoms with van der Waals surface area (Å²) in [5.74, 6) is 2.49. The van der Waals surface area contributed by atoms with Gasteiger partial charge in [-0.25, -0.2) is 9.97 Å². The predicted octanol–water partition coefficient (Wildman–Crippen LogP) is 8.78. The molecule has 330 valence electrons. The fraction of sp³-hybridized carbons (Fsp3) is 0.729. The molecule has 0 radical (unpaired) electrons. The van der Waals surface area contributed by atoms with Crippen LogP contribution in [0.2, 0.25) is 0 Å². The molecular formula is C48H75FN10O. The smallest absolute Gasteiger partial charge is 0.270 e. The summed E-state index contributed by atoms with van der Waals surface area (Å²) >= 11 is 0. The first-order chi connectivity index (χ1) is 28.8. The van der Waals surface area contributed by atoms with Crippen molar-refractivity contribution in [2.45, 2.75) is 150 Å². The largest absolute Gasteiger partial charge is 0.368 e. The van der Waals surface area contributed by atoms with E-state index in [0.29, 0.717) is 28.4 Å². The molecule has 5 aliphatic rings. The lowest BCUT2D eigenvalue weighted by molar-refractivity contribution is 0.0921. The van der Waals surface area contributed by atoms with Crippen molar-refractivity contribution >= 4 is 17.3 Å². The lowest BCUT2D eigenvalue weighted by Crippen LogP contribution is -2.50. The molecule has 11 nitrogen and oxygen atoms in total. The van der Waals surface area contributed by atoms with E-state index in [1.54, 1.807) is 12.1 Å². The molecule has 0 bridgehead atoms. The summed E-state index contributed by atoms with van der Waals surface area (Å²) < 4.78 is 14.8. The van der Waals surface area contributed by atoms with Gasteiger partial charge in [0.25, 0.3) is 5.91 Å². The molecule has 60 heavy (non-hydrogen) atoms. The van der Waals surface area contributed by atoms with Gasteiger partial charge in [0, 0.05) is 76.9 Å². The van der Waals surface area contributed by atoms with Crippen molar-refractivity contribution in [3.63, 3.8) is 0 Å². The van der Waals surface area contributed by atoms with Gasteiger partial charge in [-0.3, -0.25) is 24.7 Å². The number of rotatable bonds is 10. The molecule has 2 N–H and O–H groups in total. The van der Waals surface area contributed by atoms with Gasteiger partial charge in [-0.1, -0.05) is 74.1 Å². The topological polar surface area (TPSA) is 109 Å². The zero-order valence-corrected chi connectivity index (χ0v) is 38.0. The summed E-state index contributed by atoms with van der Waals surface area (Å²) in [5.41, 5.74) is 3.62. The number of nitrogens with one attached hydrogen (secondary N) is 2. The number of H-pyrrole nitrogens is 1. The molecule has 2 saturated heterocycles. The number of halogens is 1. The molecule has 4 atom stereocenters. The van der Waals surface area contributed by atoms with Crippen LogP contribution in [0.4, 0.5) is 15.8 Å². The van der Waals surface area contributed by atoms with E-state index in [9.17, 15) is 9.18 Å². The number of hydrogen-bond acceptors (Lipinski definition) is 9. The van der Waals surface area contributed by atoms with Crippen molar-refractivity contribution in [1.82, 2.24) is 40.3 Å². The highest BCUT2D eigenvalue weighted by Crippen LogP contribution is 2.44. The molecule has 12 heteroatoms. The van der Waals surface area contributed by atoms with Crippen molar-refractivity contribution in [2.24, 2.45) is 22.7 Å². The molecule has 8 rings (SSSR count). The highest BCUT2D eigenvalue weighted by Gasteiger charge is 2.39. The van der Waals surface area contributed by atoms with Crippen LogP contribution in [0.25, 0.3) is 11.5 Å². The zero-order chi connectivity index (χ0) is 42.4. The minimum Gasteiger partial charge on any atom is -0.368 e. The van der Waals surface area contributed by atoms with Crippen LogP contribution in [-0.2, 0) is 6.42 Å². The van der Waals surface area contributed by atoms with Gasteiger partial charge in [0.1, 0.15) is 17.2 Å². The first kappa shape index (κ1) is 44.4. The molecule has 3 aromatic rings. The van der Waals surface area contributed by atoms with E-state index in [-0.39, 0.29) is 17.6 Å². The van der Waals surface area contributed by atoms with Gasteiger partial charge in [-0.15, -0.1) is 0 Å². The van der Waals surface area contributed by atoms with E-state index >= 15 is 0 Å². The second kappa shape index (κ2) is 19.6. The summed E-state index contributed by atoms with van der Waals surface area (Å²) in [6, 6.07) is 9.26. The quantitative estimate of drug-likeness (QED) is 0.194. The van der Waals surface area contributed by atoms with Crippen molar-refractivity contribution in [1.29, 1.82) is 0 Å². The number of carbonyl (C=O) groups excluding carboxylic acids is 1. The molecule has 0 aromatic carbocycles. The molecule has 1 amide bonds. The van der Waals surface area contributed by atoms with Gasteiger partial charge in [0.15, 0.2) is 5.82 Å². The van der Waals surface area contributed by atoms with Crippen LogP contribution in [0.3, 0.4) is 0 Å². The Morgan fingerprint density at radius 2 is 1.40 bits per heavy atom. The summed E-state index contributed by atoms with van der Waals surface area (Å²) in [4.78, 5) is 35.5. The van der Waals surface area contributed by atoms with Gasteiger partial charge >= 0.3 is 0 Å². The molecule has 2 aliphatic heterocycles. The van der Waals surface area contributed by atoms with Crippen molar-refractivity contribution in [3.05, 3.63) is 47.9 Å². The number of amides is 1. The van der Waals surface area contributed by atoms with Gasteiger partial charge in [-0.2, -0.15) is 9.49 Å². The average Bonchev–Trinajstić information content (AvgIpc) is 4.07. The third-order valence-corrected chi connectivity index (χ3v) is 15.3. The van der Waals surface area contributed by atoms with Gasteiger partial charge in [-0.05, 0) is 98.3 Å². The number of hydrogen-bond donors (Lipinski definition) is 2. The van der Waals surface area contributed by atoms with Gasteiger partial charge < -0.3 is 15.1 Å². The summed E-state index contributed by atoms with van der Waals surface area (Å²) in [6.07, 6.45) is 17.6. The molecule has 5 fully saturated rings. The number of pyridine rings is 2. The molecule has 3 aromatic heterocycles. The fourth-order valence-corrected chi connectivity index (χ4v) is 10.6. The maximum Gasteiger partial charge on any atom is 0.270 e. The van der Waals surface area contributed by atoms with Crippen LogP contribution in [0.15, 0.2) is 30.5 Å². The molecular weight excluding hydrogens is 752 g/mol. The van der Waals surface area contributed by atoms with Crippen LogP contribution in [-0.4, -0.2) is 111 Å².